The Bertz CT molecular complexity index is 1000. The Kier molecular flexibility index (Phi) is 4.11. The number of nitrogens with zero attached hydrogens (tertiary/aromatic N) is 3. The SMILES string of the molecule is Cc1cc(=O)cc(C(=O)N2CCCCC2c2nc3ccccc3[nH]2)n1C. The highest BCUT2D eigenvalue weighted by atomic mass is 16.2. The Morgan fingerprint density at radius 3 is 2.85 bits per heavy atom. The minimum absolute atomic E-state index is 0.0979. The number of nitrogens with one attached hydrogen (secondary N) is 1. The summed E-state index contributed by atoms with van der Waals surface area (Å²) in [6.07, 6.45) is 2.88. The summed E-state index contributed by atoms with van der Waals surface area (Å²) >= 11 is 0. The zero-order chi connectivity index (χ0) is 18.3. The second-order valence-electron chi connectivity index (χ2n) is 6.93. The number of imidazole rings is 1. The average molecular weight is 350 g/mol. The van der Waals surface area contributed by atoms with Crippen LogP contribution in [0.3, 0.4) is 0 Å². The first-order valence-electron chi connectivity index (χ1n) is 8.98. The van der Waals surface area contributed by atoms with Gasteiger partial charge < -0.3 is 14.5 Å². The fourth-order valence-electron chi connectivity index (χ4n) is 3.71. The zero-order valence-electron chi connectivity index (χ0n) is 15.0. The molecule has 0 radical (unpaired) electrons. The number of benzene rings is 1. The molecule has 1 aliphatic heterocycles. The van der Waals surface area contributed by atoms with Crippen LogP contribution in [0.25, 0.3) is 11.0 Å². The van der Waals surface area contributed by atoms with Crippen molar-refractivity contribution in [3.8, 4) is 0 Å². The predicted molar refractivity (Wildman–Crippen MR) is 100 cm³/mol. The van der Waals surface area contributed by atoms with Crippen LogP contribution in [0.4, 0.5) is 0 Å². The number of likely N-dealkylation sites (tertiary alicyclic amines) is 1. The van der Waals surface area contributed by atoms with E-state index in [1.807, 2.05) is 43.1 Å². The molecule has 1 atom stereocenters. The Balaban J connectivity index is 1.74. The maximum absolute atomic E-state index is 13.2. The fraction of sp³-hybridized carbons (Fsp3) is 0.350. The molecule has 1 fully saturated rings. The van der Waals surface area contributed by atoms with Crippen LogP contribution < -0.4 is 5.43 Å². The summed E-state index contributed by atoms with van der Waals surface area (Å²) in [6.45, 7) is 2.51. The number of rotatable bonds is 2. The number of pyridine rings is 1. The Labute approximate surface area is 151 Å². The summed E-state index contributed by atoms with van der Waals surface area (Å²) in [5.41, 5.74) is 2.95. The summed E-state index contributed by atoms with van der Waals surface area (Å²) < 4.78 is 1.79. The molecule has 1 aromatic carbocycles. The van der Waals surface area contributed by atoms with E-state index in [0.717, 1.165) is 41.8 Å². The van der Waals surface area contributed by atoms with Gasteiger partial charge in [-0.05, 0) is 38.3 Å². The maximum Gasteiger partial charge on any atom is 0.271 e. The van der Waals surface area contributed by atoms with E-state index in [4.69, 9.17) is 4.98 Å². The van der Waals surface area contributed by atoms with E-state index in [2.05, 4.69) is 4.98 Å². The molecule has 4 rings (SSSR count). The van der Waals surface area contributed by atoms with Crippen LogP contribution in [-0.2, 0) is 7.05 Å². The molecule has 0 bridgehead atoms. The number of hydrogen-bond acceptors (Lipinski definition) is 3. The topological polar surface area (TPSA) is 71.0 Å². The van der Waals surface area contributed by atoms with Crippen LogP contribution in [0.1, 0.15) is 47.3 Å². The van der Waals surface area contributed by atoms with Gasteiger partial charge in [-0.3, -0.25) is 9.59 Å². The van der Waals surface area contributed by atoms with Crippen molar-refractivity contribution in [2.75, 3.05) is 6.54 Å². The van der Waals surface area contributed by atoms with Crippen molar-refractivity contribution in [3.05, 3.63) is 63.8 Å². The van der Waals surface area contributed by atoms with E-state index in [1.54, 1.807) is 10.6 Å². The van der Waals surface area contributed by atoms with Crippen molar-refractivity contribution in [3.63, 3.8) is 0 Å². The molecule has 2 aromatic heterocycles. The normalized spacial score (nSPS) is 17.6. The van der Waals surface area contributed by atoms with Gasteiger partial charge in [-0.15, -0.1) is 0 Å². The molecular weight excluding hydrogens is 328 g/mol. The number of para-hydroxylation sites is 2. The van der Waals surface area contributed by atoms with Gasteiger partial charge in [0.1, 0.15) is 11.5 Å². The number of carbonyl (C=O) groups excluding carboxylic acids is 1. The molecule has 3 aromatic rings. The summed E-state index contributed by atoms with van der Waals surface area (Å²) in [7, 11) is 1.82. The Hall–Kier alpha value is -2.89. The lowest BCUT2D eigenvalue weighted by Gasteiger charge is -2.35. The minimum Gasteiger partial charge on any atom is -0.344 e. The van der Waals surface area contributed by atoms with E-state index < -0.39 is 0 Å². The highest BCUT2D eigenvalue weighted by Gasteiger charge is 2.31. The van der Waals surface area contributed by atoms with Gasteiger partial charge in [0, 0.05) is 31.4 Å². The fourth-order valence-corrected chi connectivity index (χ4v) is 3.71. The molecule has 134 valence electrons. The lowest BCUT2D eigenvalue weighted by Crippen LogP contribution is -2.40. The van der Waals surface area contributed by atoms with E-state index >= 15 is 0 Å². The highest BCUT2D eigenvalue weighted by Crippen LogP contribution is 2.31. The first-order chi connectivity index (χ1) is 12.5. The number of carbonyl (C=O) groups is 1. The first-order valence-corrected chi connectivity index (χ1v) is 8.98. The third-order valence-electron chi connectivity index (χ3n) is 5.23. The van der Waals surface area contributed by atoms with Crippen LogP contribution in [-0.4, -0.2) is 31.9 Å². The lowest BCUT2D eigenvalue weighted by molar-refractivity contribution is 0.0590. The summed E-state index contributed by atoms with van der Waals surface area (Å²) in [5.74, 6) is 0.704. The number of amides is 1. The van der Waals surface area contributed by atoms with Gasteiger partial charge in [0.25, 0.3) is 5.91 Å². The molecule has 1 aliphatic rings. The number of aryl methyl sites for hydroxylation is 1. The van der Waals surface area contributed by atoms with E-state index in [-0.39, 0.29) is 17.4 Å². The predicted octanol–water partition coefficient (Wildman–Crippen LogP) is 2.94. The van der Waals surface area contributed by atoms with Crippen molar-refractivity contribution in [2.45, 2.75) is 32.2 Å². The molecular formula is C20H22N4O2. The molecule has 3 heterocycles. The first kappa shape index (κ1) is 16.6. The molecule has 1 unspecified atom stereocenters. The van der Waals surface area contributed by atoms with Crippen LogP contribution in [0.2, 0.25) is 0 Å². The van der Waals surface area contributed by atoms with E-state index in [1.165, 1.54) is 6.07 Å². The van der Waals surface area contributed by atoms with Crippen LogP contribution >= 0.6 is 0 Å². The van der Waals surface area contributed by atoms with Gasteiger partial charge in [-0.25, -0.2) is 4.98 Å². The number of aromatic nitrogens is 3. The Morgan fingerprint density at radius 1 is 1.23 bits per heavy atom. The molecule has 1 amide bonds. The molecule has 0 aliphatic carbocycles. The third kappa shape index (κ3) is 2.81. The monoisotopic (exact) mass is 350 g/mol. The van der Waals surface area contributed by atoms with Crippen molar-refractivity contribution < 1.29 is 4.79 Å². The second kappa shape index (κ2) is 6.44. The number of H-pyrrole nitrogens is 1. The zero-order valence-corrected chi connectivity index (χ0v) is 15.0. The summed E-state index contributed by atoms with van der Waals surface area (Å²) in [5, 5.41) is 0. The molecule has 26 heavy (non-hydrogen) atoms. The number of hydrogen-bond donors (Lipinski definition) is 1. The van der Waals surface area contributed by atoms with Gasteiger partial charge in [0.2, 0.25) is 0 Å². The van der Waals surface area contributed by atoms with Crippen molar-refractivity contribution in [1.29, 1.82) is 0 Å². The van der Waals surface area contributed by atoms with Gasteiger partial charge in [-0.1, -0.05) is 12.1 Å². The maximum atomic E-state index is 13.2. The van der Waals surface area contributed by atoms with Crippen molar-refractivity contribution >= 4 is 16.9 Å². The van der Waals surface area contributed by atoms with E-state index in [0.29, 0.717) is 12.2 Å². The van der Waals surface area contributed by atoms with Gasteiger partial charge in [0.15, 0.2) is 5.43 Å². The standard InChI is InChI=1S/C20H22N4O2/c1-13-11-14(25)12-18(23(13)2)20(26)24-10-6-5-9-17(24)19-21-15-7-3-4-8-16(15)22-19/h3-4,7-8,11-12,17H,5-6,9-10H2,1-2H3,(H,21,22). The second-order valence-corrected chi connectivity index (χ2v) is 6.93. The van der Waals surface area contributed by atoms with Gasteiger partial charge in [0.05, 0.1) is 17.1 Å². The number of aromatic amines is 1. The minimum atomic E-state index is -0.138. The summed E-state index contributed by atoms with van der Waals surface area (Å²) in [4.78, 5) is 35.1. The number of piperidine rings is 1. The third-order valence-corrected chi connectivity index (χ3v) is 5.23. The van der Waals surface area contributed by atoms with Crippen molar-refractivity contribution in [2.24, 2.45) is 7.05 Å². The lowest BCUT2D eigenvalue weighted by atomic mass is 10.0. The quantitative estimate of drug-likeness (QED) is 0.772. The molecule has 1 saturated heterocycles. The van der Waals surface area contributed by atoms with Crippen LogP contribution in [0.15, 0.2) is 41.2 Å². The molecule has 0 saturated carbocycles. The molecule has 6 nitrogen and oxygen atoms in total. The average Bonchev–Trinajstić information content (AvgIpc) is 3.08. The van der Waals surface area contributed by atoms with Gasteiger partial charge >= 0.3 is 0 Å². The molecule has 6 heteroatoms. The largest absolute Gasteiger partial charge is 0.344 e. The molecule has 1 N–H and O–H groups in total. The van der Waals surface area contributed by atoms with E-state index in [9.17, 15) is 9.59 Å². The van der Waals surface area contributed by atoms with Crippen LogP contribution in [0, 0.1) is 6.92 Å². The Morgan fingerprint density at radius 2 is 2.04 bits per heavy atom. The highest BCUT2D eigenvalue weighted by molar-refractivity contribution is 5.93. The van der Waals surface area contributed by atoms with Crippen LogP contribution in [0.5, 0.6) is 0 Å². The number of fused-ring (bicyclic) bond motifs is 1. The van der Waals surface area contributed by atoms with Crippen molar-refractivity contribution in [1.82, 2.24) is 19.4 Å². The summed E-state index contributed by atoms with van der Waals surface area (Å²) in [6, 6.07) is 10.8. The van der Waals surface area contributed by atoms with Gasteiger partial charge in [-0.2, -0.15) is 0 Å². The smallest absolute Gasteiger partial charge is 0.271 e. The molecule has 0 spiro atoms.